The monoisotopic (exact) mass is 223 g/mol. The van der Waals surface area contributed by atoms with Crippen LogP contribution in [0.4, 0.5) is 5.69 Å². The van der Waals surface area contributed by atoms with E-state index >= 15 is 0 Å². The molecule has 1 aromatic carbocycles. The highest BCUT2D eigenvalue weighted by Crippen LogP contribution is 2.20. The number of benzene rings is 1. The van der Waals surface area contributed by atoms with Crippen LogP contribution in [-0.2, 0) is 9.53 Å². The SMILES string of the molecule is COCCCC(=O)Nc1ccc(O)c(C)c1. The second-order valence-corrected chi connectivity index (χ2v) is 3.65. The Labute approximate surface area is 95.2 Å². The molecular formula is C12H17NO3. The Kier molecular flexibility index (Phi) is 4.79. The molecule has 0 saturated carbocycles. The summed E-state index contributed by atoms with van der Waals surface area (Å²) in [5, 5.41) is 12.1. The number of rotatable bonds is 5. The molecule has 1 rings (SSSR count). The highest BCUT2D eigenvalue weighted by atomic mass is 16.5. The molecular weight excluding hydrogens is 206 g/mol. The van der Waals surface area contributed by atoms with Crippen LogP contribution in [-0.4, -0.2) is 24.7 Å². The lowest BCUT2D eigenvalue weighted by molar-refractivity contribution is -0.116. The first kappa shape index (κ1) is 12.5. The van der Waals surface area contributed by atoms with Crippen LogP contribution in [0, 0.1) is 6.92 Å². The average molecular weight is 223 g/mol. The molecule has 0 heterocycles. The van der Waals surface area contributed by atoms with Crippen molar-refractivity contribution in [2.24, 2.45) is 0 Å². The number of carbonyl (C=O) groups is 1. The Morgan fingerprint density at radius 2 is 2.25 bits per heavy atom. The summed E-state index contributed by atoms with van der Waals surface area (Å²) in [7, 11) is 1.61. The number of phenols is 1. The minimum absolute atomic E-state index is 0.0397. The van der Waals surface area contributed by atoms with Gasteiger partial charge in [0, 0.05) is 25.8 Å². The van der Waals surface area contributed by atoms with Crippen molar-refractivity contribution in [3.05, 3.63) is 23.8 Å². The fraction of sp³-hybridized carbons (Fsp3) is 0.417. The zero-order chi connectivity index (χ0) is 12.0. The maximum Gasteiger partial charge on any atom is 0.224 e. The lowest BCUT2D eigenvalue weighted by Crippen LogP contribution is -2.12. The van der Waals surface area contributed by atoms with Crippen molar-refractivity contribution in [1.29, 1.82) is 0 Å². The topological polar surface area (TPSA) is 58.6 Å². The first-order chi connectivity index (χ1) is 7.63. The highest BCUT2D eigenvalue weighted by molar-refractivity contribution is 5.90. The van der Waals surface area contributed by atoms with Gasteiger partial charge >= 0.3 is 0 Å². The third-order valence-electron chi connectivity index (χ3n) is 2.23. The minimum atomic E-state index is -0.0397. The van der Waals surface area contributed by atoms with Crippen molar-refractivity contribution in [1.82, 2.24) is 0 Å². The quantitative estimate of drug-likeness (QED) is 0.593. The van der Waals surface area contributed by atoms with Gasteiger partial charge in [0.15, 0.2) is 0 Å². The number of carbonyl (C=O) groups excluding carboxylic acids is 1. The summed E-state index contributed by atoms with van der Waals surface area (Å²) in [6.45, 7) is 2.37. The number of hydrogen-bond acceptors (Lipinski definition) is 3. The lowest BCUT2D eigenvalue weighted by Gasteiger charge is -2.06. The maximum absolute atomic E-state index is 11.5. The Hall–Kier alpha value is -1.55. The Balaban J connectivity index is 2.46. The number of anilines is 1. The number of ether oxygens (including phenoxy) is 1. The zero-order valence-electron chi connectivity index (χ0n) is 9.62. The van der Waals surface area contributed by atoms with Gasteiger partial charge in [-0.05, 0) is 37.1 Å². The summed E-state index contributed by atoms with van der Waals surface area (Å²) in [6, 6.07) is 4.99. The van der Waals surface area contributed by atoms with E-state index in [0.717, 1.165) is 5.56 Å². The molecule has 16 heavy (non-hydrogen) atoms. The second kappa shape index (κ2) is 6.12. The average Bonchev–Trinajstić information content (AvgIpc) is 2.24. The molecule has 0 aliphatic carbocycles. The van der Waals surface area contributed by atoms with Gasteiger partial charge in [-0.25, -0.2) is 0 Å². The Morgan fingerprint density at radius 3 is 2.88 bits per heavy atom. The molecule has 1 aromatic rings. The fourth-order valence-corrected chi connectivity index (χ4v) is 1.33. The van der Waals surface area contributed by atoms with E-state index in [2.05, 4.69) is 5.32 Å². The van der Waals surface area contributed by atoms with Crippen LogP contribution in [0.25, 0.3) is 0 Å². The van der Waals surface area contributed by atoms with E-state index in [0.29, 0.717) is 25.1 Å². The number of nitrogens with one attached hydrogen (secondary N) is 1. The third-order valence-corrected chi connectivity index (χ3v) is 2.23. The zero-order valence-corrected chi connectivity index (χ0v) is 9.62. The van der Waals surface area contributed by atoms with Crippen molar-refractivity contribution in [3.8, 4) is 5.75 Å². The molecule has 2 N–H and O–H groups in total. The van der Waals surface area contributed by atoms with Crippen LogP contribution in [0.1, 0.15) is 18.4 Å². The van der Waals surface area contributed by atoms with Crippen molar-refractivity contribution >= 4 is 11.6 Å². The molecule has 0 radical (unpaired) electrons. The molecule has 0 aromatic heterocycles. The predicted molar refractivity (Wildman–Crippen MR) is 62.6 cm³/mol. The molecule has 88 valence electrons. The van der Waals surface area contributed by atoms with E-state index in [-0.39, 0.29) is 11.7 Å². The normalized spacial score (nSPS) is 10.1. The van der Waals surface area contributed by atoms with E-state index in [1.165, 1.54) is 0 Å². The van der Waals surface area contributed by atoms with Crippen molar-refractivity contribution in [2.45, 2.75) is 19.8 Å². The van der Waals surface area contributed by atoms with Gasteiger partial charge < -0.3 is 15.2 Å². The third kappa shape index (κ3) is 3.90. The summed E-state index contributed by atoms with van der Waals surface area (Å²) in [5.74, 6) is 0.194. The molecule has 4 heteroatoms. The molecule has 0 atom stereocenters. The summed E-state index contributed by atoms with van der Waals surface area (Å²) in [4.78, 5) is 11.5. The number of aromatic hydroxyl groups is 1. The Morgan fingerprint density at radius 1 is 1.50 bits per heavy atom. The van der Waals surface area contributed by atoms with Crippen molar-refractivity contribution in [3.63, 3.8) is 0 Å². The van der Waals surface area contributed by atoms with E-state index < -0.39 is 0 Å². The molecule has 0 aliphatic heterocycles. The van der Waals surface area contributed by atoms with Gasteiger partial charge in [0.2, 0.25) is 5.91 Å². The summed E-state index contributed by atoms with van der Waals surface area (Å²) >= 11 is 0. The number of amides is 1. The molecule has 4 nitrogen and oxygen atoms in total. The molecule has 0 fully saturated rings. The van der Waals surface area contributed by atoms with Crippen LogP contribution < -0.4 is 5.32 Å². The van der Waals surface area contributed by atoms with Gasteiger partial charge in [-0.1, -0.05) is 0 Å². The lowest BCUT2D eigenvalue weighted by atomic mass is 10.2. The van der Waals surface area contributed by atoms with Gasteiger partial charge in [0.05, 0.1) is 0 Å². The molecule has 0 aliphatic rings. The van der Waals surface area contributed by atoms with Crippen molar-refractivity contribution < 1.29 is 14.6 Å². The van der Waals surface area contributed by atoms with E-state index in [1.807, 2.05) is 0 Å². The Bertz CT molecular complexity index is 363. The molecule has 0 unspecified atom stereocenters. The first-order valence-electron chi connectivity index (χ1n) is 5.22. The minimum Gasteiger partial charge on any atom is -0.508 e. The van der Waals surface area contributed by atoms with E-state index in [4.69, 9.17) is 4.74 Å². The summed E-state index contributed by atoms with van der Waals surface area (Å²) < 4.78 is 4.86. The number of aryl methyl sites for hydroxylation is 1. The molecule has 0 saturated heterocycles. The molecule has 0 spiro atoms. The molecule has 0 bridgehead atoms. The van der Waals surface area contributed by atoms with Crippen LogP contribution in [0.5, 0.6) is 5.75 Å². The number of hydrogen-bond donors (Lipinski definition) is 2. The summed E-state index contributed by atoms with van der Waals surface area (Å²) in [6.07, 6.45) is 1.15. The second-order valence-electron chi connectivity index (χ2n) is 3.65. The number of phenolic OH excluding ortho intramolecular Hbond substituents is 1. The van der Waals surface area contributed by atoms with Crippen LogP contribution in [0.3, 0.4) is 0 Å². The smallest absolute Gasteiger partial charge is 0.224 e. The fourth-order valence-electron chi connectivity index (χ4n) is 1.33. The van der Waals surface area contributed by atoms with Gasteiger partial charge in [-0.2, -0.15) is 0 Å². The number of methoxy groups -OCH3 is 1. The van der Waals surface area contributed by atoms with Crippen LogP contribution in [0.2, 0.25) is 0 Å². The van der Waals surface area contributed by atoms with Crippen molar-refractivity contribution in [2.75, 3.05) is 19.0 Å². The van der Waals surface area contributed by atoms with Crippen LogP contribution in [0.15, 0.2) is 18.2 Å². The molecule has 1 amide bonds. The largest absolute Gasteiger partial charge is 0.508 e. The van der Waals surface area contributed by atoms with E-state index in [1.54, 1.807) is 32.2 Å². The van der Waals surface area contributed by atoms with Gasteiger partial charge in [-0.15, -0.1) is 0 Å². The van der Waals surface area contributed by atoms with Crippen LogP contribution >= 0.6 is 0 Å². The van der Waals surface area contributed by atoms with Gasteiger partial charge in [0.1, 0.15) is 5.75 Å². The predicted octanol–water partition coefficient (Wildman–Crippen LogP) is 2.07. The van der Waals surface area contributed by atoms with Gasteiger partial charge in [-0.3, -0.25) is 4.79 Å². The first-order valence-corrected chi connectivity index (χ1v) is 5.22. The van der Waals surface area contributed by atoms with Gasteiger partial charge in [0.25, 0.3) is 0 Å². The highest BCUT2D eigenvalue weighted by Gasteiger charge is 2.03. The summed E-state index contributed by atoms with van der Waals surface area (Å²) in [5.41, 5.74) is 1.45. The van der Waals surface area contributed by atoms with E-state index in [9.17, 15) is 9.90 Å². The maximum atomic E-state index is 11.5. The standard InChI is InChI=1S/C12H17NO3/c1-9-8-10(5-6-11(9)14)13-12(15)4-3-7-16-2/h5-6,8,14H,3-4,7H2,1-2H3,(H,13,15).